The normalized spacial score (nSPS) is 12.3. The van der Waals surface area contributed by atoms with Gasteiger partial charge in [0, 0.05) is 18.6 Å². The molecule has 0 N–H and O–H groups in total. The van der Waals surface area contributed by atoms with Crippen molar-refractivity contribution in [2.45, 2.75) is 33.3 Å². The van der Waals surface area contributed by atoms with Gasteiger partial charge in [0.2, 0.25) is 0 Å². The molecule has 35 heavy (non-hydrogen) atoms. The maximum atomic E-state index is 12.1. The molecule has 0 fully saturated rings. The van der Waals surface area contributed by atoms with Gasteiger partial charge < -0.3 is 14.2 Å². The summed E-state index contributed by atoms with van der Waals surface area (Å²) in [5.41, 5.74) is 5.12. The third-order valence-corrected chi connectivity index (χ3v) is 6.32. The number of halogens is 2. The highest BCUT2D eigenvalue weighted by molar-refractivity contribution is 6.43. The number of ether oxygens (including phenoxy) is 3. The molecule has 6 heteroatoms. The average Bonchev–Trinajstić information content (AvgIpc) is 2.86. The highest BCUT2D eigenvalue weighted by atomic mass is 35.5. The molecule has 0 saturated heterocycles. The number of hydrogen-bond acceptors (Lipinski definition) is 4. The van der Waals surface area contributed by atoms with Crippen LogP contribution in [0.4, 0.5) is 0 Å². The van der Waals surface area contributed by atoms with E-state index in [-0.39, 0.29) is 5.97 Å². The van der Waals surface area contributed by atoms with Crippen molar-refractivity contribution in [3.63, 3.8) is 0 Å². The third kappa shape index (κ3) is 7.60. The zero-order valence-corrected chi connectivity index (χ0v) is 21.7. The van der Waals surface area contributed by atoms with Crippen molar-refractivity contribution in [2.24, 2.45) is 0 Å². The molecule has 0 aliphatic carbocycles. The van der Waals surface area contributed by atoms with E-state index in [0.29, 0.717) is 36.3 Å². The lowest BCUT2D eigenvalue weighted by molar-refractivity contribution is -0.156. The minimum Gasteiger partial charge on any atom is -0.490 e. The van der Waals surface area contributed by atoms with Gasteiger partial charge in [0.25, 0.3) is 0 Å². The van der Waals surface area contributed by atoms with Gasteiger partial charge >= 0.3 is 5.97 Å². The van der Waals surface area contributed by atoms with Gasteiger partial charge in [0.1, 0.15) is 12.4 Å². The maximum absolute atomic E-state index is 12.1. The molecule has 0 amide bonds. The maximum Gasteiger partial charge on any atom is 0.335 e. The Hall–Kier alpha value is -2.79. The first-order valence-electron chi connectivity index (χ1n) is 11.6. The molecule has 0 heterocycles. The van der Waals surface area contributed by atoms with E-state index in [4.69, 9.17) is 37.4 Å². The molecule has 0 saturated carbocycles. The van der Waals surface area contributed by atoms with Gasteiger partial charge in [-0.1, -0.05) is 71.7 Å². The second-order valence-corrected chi connectivity index (χ2v) is 8.71. The molecule has 0 aliphatic rings. The molecule has 184 valence electrons. The number of esters is 1. The van der Waals surface area contributed by atoms with Crippen molar-refractivity contribution in [3.05, 3.63) is 94.0 Å². The van der Waals surface area contributed by atoms with Crippen molar-refractivity contribution in [1.82, 2.24) is 0 Å². The molecule has 4 nitrogen and oxygen atoms in total. The van der Waals surface area contributed by atoms with Crippen LogP contribution in [-0.4, -0.2) is 31.9 Å². The molecular formula is C29H30Cl2O4. The largest absolute Gasteiger partial charge is 0.490 e. The van der Waals surface area contributed by atoms with Crippen LogP contribution >= 0.6 is 23.2 Å². The first-order valence-corrected chi connectivity index (χ1v) is 12.4. The molecule has 3 rings (SSSR count). The molecule has 0 aromatic heterocycles. The van der Waals surface area contributed by atoms with Gasteiger partial charge in [-0.05, 0) is 67.3 Å². The number of benzene rings is 3. The highest BCUT2D eigenvalue weighted by Crippen LogP contribution is 2.33. The summed E-state index contributed by atoms with van der Waals surface area (Å²) in [4.78, 5) is 12.1. The van der Waals surface area contributed by atoms with Gasteiger partial charge in [-0.25, -0.2) is 4.79 Å². The van der Waals surface area contributed by atoms with Crippen LogP contribution in [0.1, 0.15) is 31.9 Å². The van der Waals surface area contributed by atoms with E-state index in [1.165, 1.54) is 0 Å². The Kier molecular flexibility index (Phi) is 10.2. The summed E-state index contributed by atoms with van der Waals surface area (Å²) in [7, 11) is 0. The molecule has 3 aromatic rings. The SMILES string of the molecule is CCOC(=O)C(Cc1ccc(OC/C=C(\C)c2ccc(-c3cccc(Cl)c3Cl)cc2)cc1)OCC. The summed E-state index contributed by atoms with van der Waals surface area (Å²) in [5.74, 6) is 0.423. The van der Waals surface area contributed by atoms with Crippen LogP contribution in [0.25, 0.3) is 16.7 Å². The standard InChI is InChI=1S/C29H30Cl2O4/c1-4-33-27(29(32)34-5-2)19-21-9-15-24(16-10-21)35-18-17-20(3)22-11-13-23(14-12-22)25-7-6-8-26(30)28(25)31/h6-17,27H,4-5,18-19H2,1-3H3/b20-17+. The van der Waals surface area contributed by atoms with Crippen LogP contribution in [0.15, 0.2) is 72.8 Å². The van der Waals surface area contributed by atoms with Crippen molar-refractivity contribution < 1.29 is 19.0 Å². The lowest BCUT2D eigenvalue weighted by atomic mass is 10.0. The fourth-order valence-corrected chi connectivity index (χ4v) is 4.01. The Morgan fingerprint density at radius 1 is 0.943 bits per heavy atom. The van der Waals surface area contributed by atoms with Crippen LogP contribution in [0.2, 0.25) is 10.0 Å². The van der Waals surface area contributed by atoms with Crippen molar-refractivity contribution >= 4 is 34.7 Å². The van der Waals surface area contributed by atoms with E-state index < -0.39 is 6.10 Å². The van der Waals surface area contributed by atoms with Crippen LogP contribution < -0.4 is 4.74 Å². The molecule has 0 aliphatic heterocycles. The first kappa shape index (κ1) is 26.8. The van der Waals surface area contributed by atoms with Crippen LogP contribution in [0, 0.1) is 0 Å². The summed E-state index contributed by atoms with van der Waals surface area (Å²) in [6, 6.07) is 21.5. The molecule has 0 radical (unpaired) electrons. The minimum atomic E-state index is -0.599. The van der Waals surface area contributed by atoms with Crippen molar-refractivity contribution in [2.75, 3.05) is 19.8 Å². The van der Waals surface area contributed by atoms with Gasteiger partial charge in [-0.3, -0.25) is 0 Å². The van der Waals surface area contributed by atoms with E-state index in [1.54, 1.807) is 13.0 Å². The Labute approximate surface area is 217 Å². The van der Waals surface area contributed by atoms with E-state index in [9.17, 15) is 4.79 Å². The molecule has 3 aromatic carbocycles. The van der Waals surface area contributed by atoms with E-state index in [2.05, 4.69) is 19.1 Å². The van der Waals surface area contributed by atoms with E-state index in [1.807, 2.05) is 61.5 Å². The van der Waals surface area contributed by atoms with Crippen LogP contribution in [0.3, 0.4) is 0 Å². The summed E-state index contributed by atoms with van der Waals surface area (Å²) >= 11 is 12.5. The lowest BCUT2D eigenvalue weighted by Crippen LogP contribution is -2.28. The van der Waals surface area contributed by atoms with Crippen molar-refractivity contribution in [1.29, 1.82) is 0 Å². The number of allylic oxidation sites excluding steroid dienone is 1. The predicted molar refractivity (Wildman–Crippen MR) is 143 cm³/mol. The highest BCUT2D eigenvalue weighted by Gasteiger charge is 2.20. The number of carbonyl (C=O) groups is 1. The Bertz CT molecular complexity index is 1140. The zero-order chi connectivity index (χ0) is 25.2. The smallest absolute Gasteiger partial charge is 0.335 e. The number of hydrogen-bond donors (Lipinski definition) is 0. The Balaban J connectivity index is 1.57. The van der Waals surface area contributed by atoms with Gasteiger partial charge in [0.15, 0.2) is 6.10 Å². The minimum absolute atomic E-state index is 0.334. The fourth-order valence-electron chi connectivity index (χ4n) is 3.60. The second kappa shape index (κ2) is 13.3. The molecule has 0 bridgehead atoms. The van der Waals surface area contributed by atoms with Gasteiger partial charge in [-0.15, -0.1) is 0 Å². The average molecular weight is 513 g/mol. The molecule has 1 unspecified atom stereocenters. The molecular weight excluding hydrogens is 483 g/mol. The second-order valence-electron chi connectivity index (χ2n) is 7.92. The fraction of sp³-hybridized carbons (Fsp3) is 0.276. The topological polar surface area (TPSA) is 44.8 Å². The Morgan fingerprint density at radius 2 is 1.66 bits per heavy atom. The molecule has 1 atom stereocenters. The van der Waals surface area contributed by atoms with E-state index >= 15 is 0 Å². The van der Waals surface area contributed by atoms with Crippen LogP contribution in [0.5, 0.6) is 5.75 Å². The quantitative estimate of drug-likeness (QED) is 0.247. The summed E-state index contributed by atoms with van der Waals surface area (Å²) in [6.45, 7) is 6.93. The van der Waals surface area contributed by atoms with Crippen molar-refractivity contribution in [3.8, 4) is 16.9 Å². The first-order chi connectivity index (χ1) is 16.9. The Morgan fingerprint density at radius 3 is 2.31 bits per heavy atom. The van der Waals surface area contributed by atoms with Gasteiger partial charge in [0.05, 0.1) is 16.7 Å². The summed E-state index contributed by atoms with van der Waals surface area (Å²) in [5, 5.41) is 1.10. The summed E-state index contributed by atoms with van der Waals surface area (Å²) < 4.78 is 16.5. The zero-order valence-electron chi connectivity index (χ0n) is 20.2. The molecule has 0 spiro atoms. The predicted octanol–water partition coefficient (Wildman–Crippen LogP) is 7.65. The third-order valence-electron chi connectivity index (χ3n) is 5.50. The lowest BCUT2D eigenvalue weighted by Gasteiger charge is -2.15. The number of carbonyl (C=O) groups excluding carboxylic acids is 1. The van der Waals surface area contributed by atoms with Crippen LogP contribution in [-0.2, 0) is 20.7 Å². The monoisotopic (exact) mass is 512 g/mol. The van der Waals surface area contributed by atoms with Gasteiger partial charge in [-0.2, -0.15) is 0 Å². The summed E-state index contributed by atoms with van der Waals surface area (Å²) in [6.07, 6.45) is 1.90. The van der Waals surface area contributed by atoms with E-state index in [0.717, 1.165) is 33.6 Å². The number of rotatable bonds is 11.